The van der Waals surface area contributed by atoms with Crippen molar-refractivity contribution in [3.63, 3.8) is 0 Å². The standard InChI is InChI=1S/C14H18N2/c1-12-6-7-13(11-15)10-14(12)16-8-4-2-3-5-9-16/h6-7,10H,2-5,8-9H2,1H3. The van der Waals surface area contributed by atoms with Crippen LogP contribution in [0.4, 0.5) is 5.69 Å². The molecule has 0 saturated carbocycles. The van der Waals surface area contributed by atoms with Crippen molar-refractivity contribution in [1.82, 2.24) is 0 Å². The van der Waals surface area contributed by atoms with Crippen molar-refractivity contribution in [2.45, 2.75) is 32.6 Å². The number of hydrogen-bond acceptors (Lipinski definition) is 2. The van der Waals surface area contributed by atoms with E-state index >= 15 is 0 Å². The lowest BCUT2D eigenvalue weighted by atomic mass is 10.1. The van der Waals surface area contributed by atoms with Crippen LogP contribution in [0.3, 0.4) is 0 Å². The maximum Gasteiger partial charge on any atom is 0.0992 e. The highest BCUT2D eigenvalue weighted by Gasteiger charge is 2.12. The number of nitrogens with zero attached hydrogens (tertiary/aromatic N) is 2. The van der Waals surface area contributed by atoms with Gasteiger partial charge in [-0.05, 0) is 37.5 Å². The average molecular weight is 214 g/mol. The molecule has 0 amide bonds. The fraction of sp³-hybridized carbons (Fsp3) is 0.500. The highest BCUT2D eigenvalue weighted by Crippen LogP contribution is 2.24. The van der Waals surface area contributed by atoms with Crippen molar-refractivity contribution in [1.29, 1.82) is 5.26 Å². The quantitative estimate of drug-likeness (QED) is 0.717. The first-order chi connectivity index (χ1) is 7.81. The summed E-state index contributed by atoms with van der Waals surface area (Å²) >= 11 is 0. The number of aryl methyl sites for hydroxylation is 1. The van der Waals surface area contributed by atoms with Crippen LogP contribution in [0.1, 0.15) is 36.8 Å². The summed E-state index contributed by atoms with van der Waals surface area (Å²) in [5.41, 5.74) is 3.30. The van der Waals surface area contributed by atoms with Crippen LogP contribution in [0.2, 0.25) is 0 Å². The second-order valence-electron chi connectivity index (χ2n) is 4.51. The molecule has 1 aromatic carbocycles. The summed E-state index contributed by atoms with van der Waals surface area (Å²) in [7, 11) is 0. The van der Waals surface area contributed by atoms with Gasteiger partial charge in [-0.2, -0.15) is 5.26 Å². The molecule has 2 heteroatoms. The Morgan fingerprint density at radius 1 is 1.12 bits per heavy atom. The summed E-state index contributed by atoms with van der Waals surface area (Å²) in [6, 6.07) is 8.20. The first-order valence-corrected chi connectivity index (χ1v) is 6.07. The van der Waals surface area contributed by atoms with Gasteiger partial charge in [-0.3, -0.25) is 0 Å². The van der Waals surface area contributed by atoms with E-state index in [0.717, 1.165) is 18.7 Å². The van der Waals surface area contributed by atoms with Crippen LogP contribution >= 0.6 is 0 Å². The number of hydrogen-bond donors (Lipinski definition) is 0. The molecular weight excluding hydrogens is 196 g/mol. The molecular formula is C14H18N2. The van der Waals surface area contributed by atoms with Crippen molar-refractivity contribution < 1.29 is 0 Å². The fourth-order valence-corrected chi connectivity index (χ4v) is 2.33. The van der Waals surface area contributed by atoms with Crippen molar-refractivity contribution in [3.05, 3.63) is 29.3 Å². The molecule has 0 aromatic heterocycles. The molecule has 0 radical (unpaired) electrons. The molecule has 1 fully saturated rings. The normalized spacial score (nSPS) is 16.6. The van der Waals surface area contributed by atoms with Crippen LogP contribution in [0, 0.1) is 18.3 Å². The van der Waals surface area contributed by atoms with Crippen LogP contribution in [0.25, 0.3) is 0 Å². The van der Waals surface area contributed by atoms with Crippen LogP contribution in [-0.2, 0) is 0 Å². The number of benzene rings is 1. The van der Waals surface area contributed by atoms with E-state index in [1.807, 2.05) is 12.1 Å². The Bertz CT molecular complexity index is 396. The highest BCUT2D eigenvalue weighted by molar-refractivity contribution is 5.57. The van der Waals surface area contributed by atoms with E-state index in [-0.39, 0.29) is 0 Å². The number of rotatable bonds is 1. The second-order valence-corrected chi connectivity index (χ2v) is 4.51. The third-order valence-electron chi connectivity index (χ3n) is 3.28. The van der Waals surface area contributed by atoms with E-state index in [0.29, 0.717) is 0 Å². The lowest BCUT2D eigenvalue weighted by Crippen LogP contribution is -2.24. The Kier molecular flexibility index (Phi) is 3.46. The molecule has 0 bridgehead atoms. The summed E-state index contributed by atoms with van der Waals surface area (Å²) < 4.78 is 0. The molecule has 0 N–H and O–H groups in total. The van der Waals surface area contributed by atoms with E-state index in [4.69, 9.17) is 5.26 Å². The Balaban J connectivity index is 2.27. The molecule has 84 valence electrons. The largest absolute Gasteiger partial charge is 0.371 e. The van der Waals surface area contributed by atoms with Gasteiger partial charge in [-0.15, -0.1) is 0 Å². The lowest BCUT2D eigenvalue weighted by molar-refractivity contribution is 0.726. The smallest absolute Gasteiger partial charge is 0.0992 e. The molecule has 1 aliphatic heterocycles. The fourth-order valence-electron chi connectivity index (χ4n) is 2.33. The summed E-state index contributed by atoms with van der Waals surface area (Å²) in [6.45, 7) is 4.40. The Morgan fingerprint density at radius 3 is 2.44 bits per heavy atom. The third-order valence-corrected chi connectivity index (χ3v) is 3.28. The minimum Gasteiger partial charge on any atom is -0.371 e. The Hall–Kier alpha value is -1.49. The van der Waals surface area contributed by atoms with E-state index in [2.05, 4.69) is 24.0 Å². The van der Waals surface area contributed by atoms with Crippen molar-refractivity contribution in [2.24, 2.45) is 0 Å². The van der Waals surface area contributed by atoms with Gasteiger partial charge in [-0.1, -0.05) is 18.9 Å². The molecule has 1 heterocycles. The van der Waals surface area contributed by atoms with Gasteiger partial charge in [0.2, 0.25) is 0 Å². The first kappa shape index (κ1) is 11.0. The number of anilines is 1. The average Bonchev–Trinajstić information content (AvgIpc) is 2.58. The number of nitriles is 1. The summed E-state index contributed by atoms with van der Waals surface area (Å²) in [5, 5.41) is 8.94. The van der Waals surface area contributed by atoms with Gasteiger partial charge in [0.1, 0.15) is 0 Å². The Labute approximate surface area is 97.5 Å². The summed E-state index contributed by atoms with van der Waals surface area (Å²) in [5.74, 6) is 0. The monoisotopic (exact) mass is 214 g/mol. The molecule has 2 nitrogen and oxygen atoms in total. The van der Waals surface area contributed by atoms with Gasteiger partial charge < -0.3 is 4.90 Å². The molecule has 16 heavy (non-hydrogen) atoms. The Morgan fingerprint density at radius 2 is 1.81 bits per heavy atom. The molecule has 0 spiro atoms. The highest BCUT2D eigenvalue weighted by atomic mass is 15.1. The lowest BCUT2D eigenvalue weighted by Gasteiger charge is -2.24. The van der Waals surface area contributed by atoms with E-state index < -0.39 is 0 Å². The van der Waals surface area contributed by atoms with Gasteiger partial charge >= 0.3 is 0 Å². The van der Waals surface area contributed by atoms with Gasteiger partial charge in [0.05, 0.1) is 11.6 Å². The molecule has 0 atom stereocenters. The van der Waals surface area contributed by atoms with E-state index in [1.54, 1.807) is 0 Å². The summed E-state index contributed by atoms with van der Waals surface area (Å²) in [4.78, 5) is 2.43. The predicted molar refractivity (Wildman–Crippen MR) is 66.6 cm³/mol. The summed E-state index contributed by atoms with van der Waals surface area (Å²) in [6.07, 6.45) is 5.23. The van der Waals surface area contributed by atoms with Crippen molar-refractivity contribution in [2.75, 3.05) is 18.0 Å². The molecule has 1 aromatic rings. The van der Waals surface area contributed by atoms with Crippen LogP contribution in [0.15, 0.2) is 18.2 Å². The zero-order valence-corrected chi connectivity index (χ0v) is 9.87. The van der Waals surface area contributed by atoms with Gasteiger partial charge in [0, 0.05) is 18.8 Å². The van der Waals surface area contributed by atoms with Gasteiger partial charge in [0.15, 0.2) is 0 Å². The van der Waals surface area contributed by atoms with E-state index in [1.165, 1.54) is 36.9 Å². The van der Waals surface area contributed by atoms with Crippen LogP contribution in [0.5, 0.6) is 0 Å². The first-order valence-electron chi connectivity index (χ1n) is 6.07. The zero-order valence-electron chi connectivity index (χ0n) is 9.87. The molecule has 0 aliphatic carbocycles. The topological polar surface area (TPSA) is 27.0 Å². The maximum atomic E-state index is 8.94. The minimum atomic E-state index is 0.768. The molecule has 1 aliphatic rings. The molecule has 0 unspecified atom stereocenters. The van der Waals surface area contributed by atoms with Crippen molar-refractivity contribution >= 4 is 5.69 Å². The van der Waals surface area contributed by atoms with Crippen LogP contribution in [-0.4, -0.2) is 13.1 Å². The molecule has 1 saturated heterocycles. The second kappa shape index (κ2) is 5.03. The van der Waals surface area contributed by atoms with Gasteiger partial charge in [-0.25, -0.2) is 0 Å². The van der Waals surface area contributed by atoms with Crippen molar-refractivity contribution in [3.8, 4) is 6.07 Å². The zero-order chi connectivity index (χ0) is 11.4. The minimum absolute atomic E-state index is 0.768. The SMILES string of the molecule is Cc1ccc(C#N)cc1N1CCCCCC1. The molecule has 2 rings (SSSR count). The maximum absolute atomic E-state index is 8.94. The van der Waals surface area contributed by atoms with Gasteiger partial charge in [0.25, 0.3) is 0 Å². The van der Waals surface area contributed by atoms with E-state index in [9.17, 15) is 0 Å². The predicted octanol–water partition coefficient (Wildman–Crippen LogP) is 3.25. The van der Waals surface area contributed by atoms with Crippen LogP contribution < -0.4 is 4.90 Å². The third kappa shape index (κ3) is 2.36.